The van der Waals surface area contributed by atoms with Crippen molar-refractivity contribution in [2.24, 2.45) is 0 Å². The Morgan fingerprint density at radius 3 is 2.57 bits per heavy atom. The minimum absolute atomic E-state index is 0.0547. The van der Waals surface area contributed by atoms with Gasteiger partial charge in [-0.05, 0) is 68.0 Å². The lowest BCUT2D eigenvalue weighted by Gasteiger charge is -2.27. The molecule has 1 N–H and O–H groups in total. The number of hydrogen-bond donors (Lipinski definition) is 1. The fourth-order valence-corrected chi connectivity index (χ4v) is 4.17. The monoisotopic (exact) mass is 406 g/mol. The molecule has 4 rings (SSSR count). The van der Waals surface area contributed by atoms with Crippen LogP contribution in [0, 0.1) is 0 Å². The molecule has 1 saturated heterocycles. The lowest BCUT2D eigenvalue weighted by molar-refractivity contribution is -0.130. The Morgan fingerprint density at radius 2 is 1.83 bits per heavy atom. The number of benzene rings is 2. The van der Waals surface area contributed by atoms with E-state index in [0.29, 0.717) is 18.5 Å². The largest absolute Gasteiger partial charge is 0.449 e. The summed E-state index contributed by atoms with van der Waals surface area (Å²) in [5.41, 5.74) is 3.53. The molecule has 30 heavy (non-hydrogen) atoms. The highest BCUT2D eigenvalue weighted by atomic mass is 16.5. The molecule has 0 saturated carbocycles. The number of ether oxygens (including phenoxy) is 1. The van der Waals surface area contributed by atoms with Crippen molar-refractivity contribution in [1.29, 1.82) is 0 Å². The second-order valence-electron chi connectivity index (χ2n) is 7.90. The van der Waals surface area contributed by atoms with Gasteiger partial charge < -0.3 is 15.0 Å². The second-order valence-corrected chi connectivity index (χ2v) is 7.90. The fourth-order valence-electron chi connectivity index (χ4n) is 4.17. The second kappa shape index (κ2) is 8.69. The SMILES string of the molecule is C[C@H](OC(=O)c1ccc(N2CCCC2=O)cc1)C(=O)N[C@H]1CCCc2ccccc21. The summed E-state index contributed by atoms with van der Waals surface area (Å²) < 4.78 is 5.38. The third-order valence-electron chi connectivity index (χ3n) is 5.83. The van der Waals surface area contributed by atoms with Gasteiger partial charge in [0.15, 0.2) is 6.10 Å². The molecule has 6 nitrogen and oxygen atoms in total. The molecule has 1 heterocycles. The molecule has 0 spiro atoms. The van der Waals surface area contributed by atoms with Gasteiger partial charge in [0.2, 0.25) is 5.91 Å². The van der Waals surface area contributed by atoms with Crippen molar-refractivity contribution >= 4 is 23.5 Å². The van der Waals surface area contributed by atoms with Gasteiger partial charge in [0, 0.05) is 18.7 Å². The summed E-state index contributed by atoms with van der Waals surface area (Å²) in [6.07, 6.45) is 3.42. The zero-order chi connectivity index (χ0) is 21.1. The molecular weight excluding hydrogens is 380 g/mol. The van der Waals surface area contributed by atoms with E-state index in [1.807, 2.05) is 18.2 Å². The van der Waals surface area contributed by atoms with Crippen LogP contribution >= 0.6 is 0 Å². The van der Waals surface area contributed by atoms with Gasteiger partial charge in [-0.3, -0.25) is 9.59 Å². The van der Waals surface area contributed by atoms with Crippen LogP contribution in [0.15, 0.2) is 48.5 Å². The molecule has 0 bridgehead atoms. The van der Waals surface area contributed by atoms with Crippen molar-refractivity contribution < 1.29 is 19.1 Å². The number of nitrogens with zero attached hydrogens (tertiary/aromatic N) is 1. The van der Waals surface area contributed by atoms with Crippen LogP contribution in [0.5, 0.6) is 0 Å². The first-order valence-electron chi connectivity index (χ1n) is 10.5. The molecule has 156 valence electrons. The number of carbonyl (C=O) groups is 3. The van der Waals surface area contributed by atoms with Crippen LogP contribution < -0.4 is 10.2 Å². The number of rotatable bonds is 5. The summed E-state index contributed by atoms with van der Waals surface area (Å²) in [5.74, 6) is -0.759. The average Bonchev–Trinajstić information content (AvgIpc) is 3.20. The van der Waals surface area contributed by atoms with Gasteiger partial charge in [0.1, 0.15) is 0 Å². The topological polar surface area (TPSA) is 75.7 Å². The smallest absolute Gasteiger partial charge is 0.338 e. The number of anilines is 1. The highest BCUT2D eigenvalue weighted by Gasteiger charge is 2.26. The van der Waals surface area contributed by atoms with Gasteiger partial charge >= 0.3 is 5.97 Å². The summed E-state index contributed by atoms with van der Waals surface area (Å²) in [7, 11) is 0. The van der Waals surface area contributed by atoms with Crippen LogP contribution in [0.2, 0.25) is 0 Å². The molecule has 2 aromatic carbocycles. The van der Waals surface area contributed by atoms with Crippen molar-refractivity contribution in [3.05, 3.63) is 65.2 Å². The van der Waals surface area contributed by atoms with E-state index in [0.717, 1.165) is 36.9 Å². The molecule has 2 aromatic rings. The summed E-state index contributed by atoms with van der Waals surface area (Å²) in [5, 5.41) is 3.02. The maximum Gasteiger partial charge on any atom is 0.338 e. The first-order valence-corrected chi connectivity index (χ1v) is 10.5. The zero-order valence-electron chi connectivity index (χ0n) is 17.1. The van der Waals surface area contributed by atoms with Gasteiger partial charge in [-0.1, -0.05) is 24.3 Å². The third kappa shape index (κ3) is 4.22. The predicted octanol–water partition coefficient (Wildman–Crippen LogP) is 3.55. The molecule has 1 aliphatic heterocycles. The number of carbonyl (C=O) groups excluding carboxylic acids is 3. The Labute approximate surface area is 176 Å². The van der Waals surface area contributed by atoms with E-state index in [1.165, 1.54) is 5.56 Å². The lowest BCUT2D eigenvalue weighted by atomic mass is 9.87. The van der Waals surface area contributed by atoms with Crippen molar-refractivity contribution in [2.45, 2.75) is 51.2 Å². The Hall–Kier alpha value is -3.15. The molecule has 0 aromatic heterocycles. The van der Waals surface area contributed by atoms with Crippen LogP contribution in [-0.4, -0.2) is 30.4 Å². The molecule has 0 radical (unpaired) electrons. The molecule has 1 aliphatic carbocycles. The van der Waals surface area contributed by atoms with Crippen LogP contribution in [0.3, 0.4) is 0 Å². The van der Waals surface area contributed by atoms with Gasteiger partial charge in [-0.15, -0.1) is 0 Å². The first kappa shape index (κ1) is 20.1. The Balaban J connectivity index is 1.35. The average molecular weight is 406 g/mol. The fraction of sp³-hybridized carbons (Fsp3) is 0.375. The standard InChI is InChI=1S/C24H26N2O4/c1-16(23(28)25-21-9-4-7-17-6-2-3-8-20(17)21)30-24(29)18-11-13-19(14-12-18)26-15-5-10-22(26)27/h2-3,6,8,11-14,16,21H,4-5,7,9-10,15H2,1H3,(H,25,28)/t16-,21-/m0/s1. The van der Waals surface area contributed by atoms with E-state index in [-0.39, 0.29) is 17.9 Å². The number of fused-ring (bicyclic) bond motifs is 1. The number of hydrogen-bond acceptors (Lipinski definition) is 4. The van der Waals surface area contributed by atoms with E-state index in [4.69, 9.17) is 4.74 Å². The number of nitrogens with one attached hydrogen (secondary N) is 1. The van der Waals surface area contributed by atoms with Crippen molar-refractivity contribution in [3.8, 4) is 0 Å². The summed E-state index contributed by atoms with van der Waals surface area (Å²) in [4.78, 5) is 38.6. The molecule has 2 atom stereocenters. The van der Waals surface area contributed by atoms with Gasteiger partial charge in [0.05, 0.1) is 11.6 Å². The number of amides is 2. The molecule has 2 aliphatic rings. The van der Waals surface area contributed by atoms with E-state index < -0.39 is 12.1 Å². The van der Waals surface area contributed by atoms with Gasteiger partial charge in [-0.2, -0.15) is 0 Å². The number of aryl methyl sites for hydroxylation is 1. The molecule has 0 unspecified atom stereocenters. The molecule has 6 heteroatoms. The maximum atomic E-state index is 12.6. The lowest BCUT2D eigenvalue weighted by Crippen LogP contribution is -2.39. The molecule has 1 fully saturated rings. The highest BCUT2D eigenvalue weighted by molar-refractivity contribution is 5.96. The van der Waals surface area contributed by atoms with Crippen LogP contribution in [0.25, 0.3) is 0 Å². The highest BCUT2D eigenvalue weighted by Crippen LogP contribution is 2.29. The zero-order valence-corrected chi connectivity index (χ0v) is 17.1. The van der Waals surface area contributed by atoms with Crippen molar-refractivity contribution in [1.82, 2.24) is 5.32 Å². The minimum atomic E-state index is -0.897. The quantitative estimate of drug-likeness (QED) is 0.771. The third-order valence-corrected chi connectivity index (χ3v) is 5.83. The van der Waals surface area contributed by atoms with Gasteiger partial charge in [0.25, 0.3) is 5.91 Å². The Kier molecular flexibility index (Phi) is 5.84. The number of esters is 1. The predicted molar refractivity (Wildman–Crippen MR) is 113 cm³/mol. The Bertz CT molecular complexity index is 954. The maximum absolute atomic E-state index is 12.6. The van der Waals surface area contributed by atoms with Crippen LogP contribution in [0.4, 0.5) is 5.69 Å². The van der Waals surface area contributed by atoms with Crippen molar-refractivity contribution in [2.75, 3.05) is 11.4 Å². The Morgan fingerprint density at radius 1 is 1.07 bits per heavy atom. The summed E-state index contributed by atoms with van der Waals surface area (Å²) >= 11 is 0. The first-order chi connectivity index (χ1) is 14.5. The van der Waals surface area contributed by atoms with E-state index in [1.54, 1.807) is 36.1 Å². The summed E-state index contributed by atoms with van der Waals surface area (Å²) in [6.45, 7) is 2.28. The normalized spacial score (nSPS) is 19.2. The van der Waals surface area contributed by atoms with E-state index in [9.17, 15) is 14.4 Å². The van der Waals surface area contributed by atoms with Crippen LogP contribution in [0.1, 0.15) is 60.1 Å². The van der Waals surface area contributed by atoms with Gasteiger partial charge in [-0.25, -0.2) is 4.79 Å². The van der Waals surface area contributed by atoms with E-state index >= 15 is 0 Å². The summed E-state index contributed by atoms with van der Waals surface area (Å²) in [6, 6.07) is 14.8. The molecule has 2 amide bonds. The van der Waals surface area contributed by atoms with E-state index in [2.05, 4.69) is 11.4 Å². The van der Waals surface area contributed by atoms with Crippen LogP contribution in [-0.2, 0) is 20.7 Å². The minimum Gasteiger partial charge on any atom is -0.449 e. The molecular formula is C24H26N2O4. The van der Waals surface area contributed by atoms with Crippen molar-refractivity contribution in [3.63, 3.8) is 0 Å².